The van der Waals surface area contributed by atoms with Gasteiger partial charge in [0.2, 0.25) is 0 Å². The number of alkyl halides is 47. The highest BCUT2D eigenvalue weighted by molar-refractivity contribution is 5.24. The largest absolute Gasteiger partial charge is 0.460 e. The van der Waals surface area contributed by atoms with E-state index in [1.165, 1.54) is 0 Å². The van der Waals surface area contributed by atoms with Crippen LogP contribution in [0.1, 0.15) is 0 Å². The zero-order valence-electron chi connectivity index (χ0n) is 29.3. The van der Waals surface area contributed by atoms with Crippen molar-refractivity contribution in [3.8, 4) is 0 Å². The Balaban J connectivity index is 8.11. The van der Waals surface area contributed by atoms with Gasteiger partial charge in [-0.1, -0.05) is 0 Å². The van der Waals surface area contributed by atoms with Gasteiger partial charge in [-0.15, -0.1) is 0 Å². The fourth-order valence-corrected chi connectivity index (χ4v) is 4.07. The first-order valence-electron chi connectivity index (χ1n) is 14.5. The summed E-state index contributed by atoms with van der Waals surface area (Å²) in [5, 5.41) is 0. The van der Waals surface area contributed by atoms with E-state index in [1.54, 1.807) is 0 Å². The van der Waals surface area contributed by atoms with Crippen LogP contribution in [-0.2, 0) is 0 Å². The molecule has 0 fully saturated rings. The van der Waals surface area contributed by atoms with Crippen LogP contribution >= 0.6 is 0 Å². The standard InChI is InChI=1S/C23HF47/c24-1(25)2(26,27)3(28,29)4(30,31)5(32,33)6(34,35)7(36,37)8(38,39)9(40,41)10(42,43)11(44,45)12(46,47)13(48,49)14(50,51)15(52,53)16(54,55)17(56,57)18(58,59)19(60,61)20(62,63)21(64,65)22(66,67)23(68,69)70/h1H. The van der Waals surface area contributed by atoms with Crippen LogP contribution in [0.2, 0.25) is 0 Å². The molecule has 0 nitrogen and oxygen atoms in total. The Morgan fingerprint density at radius 1 is 0.129 bits per heavy atom. The van der Waals surface area contributed by atoms with Gasteiger partial charge in [-0.25, -0.2) is 8.78 Å². The first-order valence-corrected chi connectivity index (χ1v) is 14.5. The molecule has 0 aromatic heterocycles. The van der Waals surface area contributed by atoms with Crippen LogP contribution in [0, 0.1) is 0 Å². The van der Waals surface area contributed by atoms with Gasteiger partial charge in [-0.05, 0) is 0 Å². The van der Waals surface area contributed by atoms with Gasteiger partial charge < -0.3 is 0 Å². The van der Waals surface area contributed by atoms with Crippen molar-refractivity contribution in [2.75, 3.05) is 0 Å². The monoisotopic (exact) mass is 1170 g/mol. The molecule has 0 rings (SSSR count). The molecule has 0 spiro atoms. The lowest BCUT2D eigenvalue weighted by Crippen LogP contribution is -2.81. The Labute approximate surface area is 345 Å². The van der Waals surface area contributed by atoms with E-state index in [2.05, 4.69) is 0 Å². The van der Waals surface area contributed by atoms with Crippen molar-refractivity contribution >= 4 is 0 Å². The second-order valence-electron chi connectivity index (χ2n) is 12.9. The first-order chi connectivity index (χ1) is 29.2. The lowest BCUT2D eigenvalue weighted by molar-refractivity contribution is -0.497. The number of rotatable bonds is 21. The van der Waals surface area contributed by atoms with Crippen molar-refractivity contribution in [2.45, 2.75) is 137 Å². The lowest BCUT2D eigenvalue weighted by Gasteiger charge is -2.47. The molecule has 0 aromatic rings. The molecule has 0 aliphatic heterocycles. The van der Waals surface area contributed by atoms with Crippen molar-refractivity contribution in [2.24, 2.45) is 0 Å². The minimum Gasteiger partial charge on any atom is -0.203 e. The lowest BCUT2D eigenvalue weighted by atomic mass is 9.81. The predicted molar refractivity (Wildman–Crippen MR) is 116 cm³/mol. The van der Waals surface area contributed by atoms with Crippen molar-refractivity contribution in [3.63, 3.8) is 0 Å². The normalized spacial score (nSPS) is 17.5. The van der Waals surface area contributed by atoms with Gasteiger partial charge in [0.1, 0.15) is 0 Å². The topological polar surface area (TPSA) is 0 Å². The molecule has 0 aromatic carbocycles. The molecule has 47 heteroatoms. The van der Waals surface area contributed by atoms with E-state index < -0.39 is 137 Å². The SMILES string of the molecule is FC(F)C(F)(F)C(F)(F)C(F)(F)C(F)(F)C(F)(F)C(F)(F)C(F)(F)C(F)(F)C(F)(F)C(F)(F)C(F)(F)C(F)(F)C(F)(F)C(F)(F)C(F)(F)C(F)(F)C(F)(F)C(F)(F)C(F)(F)C(F)(F)C(F)(F)C(F)(F)F. The van der Waals surface area contributed by atoms with E-state index in [-0.39, 0.29) is 0 Å². The summed E-state index contributed by atoms with van der Waals surface area (Å²) in [7, 11) is 0. The van der Waals surface area contributed by atoms with Gasteiger partial charge in [0, 0.05) is 0 Å². The van der Waals surface area contributed by atoms with Crippen molar-refractivity contribution in [3.05, 3.63) is 0 Å². The Morgan fingerprint density at radius 2 is 0.214 bits per heavy atom. The van der Waals surface area contributed by atoms with Gasteiger partial charge in [0.25, 0.3) is 0 Å². The Hall–Kier alpha value is -3.29. The van der Waals surface area contributed by atoms with E-state index >= 15 is 0 Å². The van der Waals surface area contributed by atoms with E-state index in [1.807, 2.05) is 0 Å². The van der Waals surface area contributed by atoms with E-state index in [0.717, 1.165) is 0 Å². The van der Waals surface area contributed by atoms with Crippen molar-refractivity contribution in [1.82, 2.24) is 0 Å². The predicted octanol–water partition coefficient (Wildman–Crippen LogP) is 15.2. The molecular formula is C23HF47. The average molecular weight is 1170 g/mol. The van der Waals surface area contributed by atoms with Gasteiger partial charge in [0.05, 0.1) is 0 Å². The molecule has 0 amide bonds. The maximum atomic E-state index is 14.0. The molecule has 422 valence electrons. The molecule has 0 heterocycles. The zero-order valence-corrected chi connectivity index (χ0v) is 29.3. The van der Waals surface area contributed by atoms with E-state index in [0.29, 0.717) is 0 Å². The summed E-state index contributed by atoms with van der Waals surface area (Å²) in [4.78, 5) is 0. The maximum absolute atomic E-state index is 14.0. The molecule has 70 heavy (non-hydrogen) atoms. The van der Waals surface area contributed by atoms with Gasteiger partial charge >= 0.3 is 137 Å². The smallest absolute Gasteiger partial charge is 0.203 e. The Morgan fingerprint density at radius 3 is 0.300 bits per heavy atom. The minimum atomic E-state index is -10.8. The van der Waals surface area contributed by atoms with Crippen LogP contribution < -0.4 is 0 Å². The molecule has 0 bridgehead atoms. The highest BCUT2D eigenvalue weighted by Crippen LogP contribution is 2.72. The quantitative estimate of drug-likeness (QED) is 0.101. The molecule has 0 aliphatic carbocycles. The summed E-state index contributed by atoms with van der Waals surface area (Å²) >= 11 is 0. The van der Waals surface area contributed by atoms with E-state index in [9.17, 15) is 206 Å². The van der Waals surface area contributed by atoms with Crippen LogP contribution in [0.15, 0.2) is 0 Å². The summed E-state index contributed by atoms with van der Waals surface area (Å²) in [6.07, 6.45) is -15.3. The van der Waals surface area contributed by atoms with E-state index in [4.69, 9.17) is 0 Å². The molecule has 0 atom stereocenters. The van der Waals surface area contributed by atoms with Crippen molar-refractivity contribution in [1.29, 1.82) is 0 Å². The number of hydrogen-bond acceptors (Lipinski definition) is 0. The van der Waals surface area contributed by atoms with Gasteiger partial charge in [-0.3, -0.25) is 0 Å². The summed E-state index contributed by atoms with van der Waals surface area (Å²) < 4.78 is 635. The van der Waals surface area contributed by atoms with Crippen molar-refractivity contribution < 1.29 is 206 Å². The first kappa shape index (κ1) is 66.7. The fraction of sp³-hybridized carbons (Fsp3) is 1.00. The molecule has 0 aliphatic rings. The van der Waals surface area contributed by atoms with Gasteiger partial charge in [-0.2, -0.15) is 198 Å². The third-order valence-electron chi connectivity index (χ3n) is 8.54. The van der Waals surface area contributed by atoms with Crippen LogP contribution in [0.5, 0.6) is 0 Å². The van der Waals surface area contributed by atoms with Crippen LogP contribution in [0.25, 0.3) is 0 Å². The minimum absolute atomic E-state index is 6.68. The summed E-state index contributed by atoms with van der Waals surface area (Å²) in [5.41, 5.74) is 0. The molecule has 0 saturated heterocycles. The van der Waals surface area contributed by atoms with Crippen LogP contribution in [0.4, 0.5) is 206 Å². The summed E-state index contributed by atoms with van der Waals surface area (Å²) in [6.45, 7) is 0. The van der Waals surface area contributed by atoms with Gasteiger partial charge in [0.15, 0.2) is 0 Å². The average Bonchev–Trinajstić information content (AvgIpc) is 3.12. The third-order valence-corrected chi connectivity index (χ3v) is 8.54. The number of hydrogen-bond donors (Lipinski definition) is 0. The second kappa shape index (κ2) is 15.9. The maximum Gasteiger partial charge on any atom is 0.460 e. The fourth-order valence-electron chi connectivity index (χ4n) is 4.07. The Bertz CT molecular complexity index is 1880. The molecular weight excluding hydrogens is 1170 g/mol. The summed E-state index contributed by atoms with van der Waals surface area (Å²) in [5.74, 6) is -215. The Kier molecular flexibility index (Phi) is 15.1. The highest BCUT2D eigenvalue weighted by atomic mass is 19.4. The molecule has 0 N–H and O–H groups in total. The van der Waals surface area contributed by atoms with Crippen LogP contribution in [0.3, 0.4) is 0 Å². The third kappa shape index (κ3) is 7.15. The van der Waals surface area contributed by atoms with Crippen LogP contribution in [-0.4, -0.2) is 137 Å². The summed E-state index contributed by atoms with van der Waals surface area (Å²) in [6, 6.07) is 0. The highest BCUT2D eigenvalue weighted by Gasteiger charge is 3.04. The molecule has 0 unspecified atom stereocenters. The number of halogens is 47. The second-order valence-corrected chi connectivity index (χ2v) is 12.9. The molecule has 0 radical (unpaired) electrons. The molecule has 0 saturated carbocycles. The zero-order chi connectivity index (χ0) is 58.6.